The third kappa shape index (κ3) is 2.76. The number of ketones is 1. The van der Waals surface area contributed by atoms with Crippen molar-refractivity contribution in [3.8, 4) is 0 Å². The summed E-state index contributed by atoms with van der Waals surface area (Å²) in [6, 6.07) is 15.1. The molecule has 4 nitrogen and oxygen atoms in total. The van der Waals surface area contributed by atoms with E-state index in [9.17, 15) is 13.2 Å². The second-order valence-electron chi connectivity index (χ2n) is 5.47. The minimum Gasteiger partial charge on any atom is -0.294 e. The molecule has 0 spiro atoms. The molecule has 22 heavy (non-hydrogen) atoms. The van der Waals surface area contributed by atoms with Gasteiger partial charge in [0.1, 0.15) is 0 Å². The Labute approximate surface area is 130 Å². The van der Waals surface area contributed by atoms with Crippen LogP contribution in [0.2, 0.25) is 0 Å². The van der Waals surface area contributed by atoms with Gasteiger partial charge in [-0.15, -0.1) is 0 Å². The lowest BCUT2D eigenvalue weighted by molar-refractivity contribution is 0.0967. The first-order valence-corrected chi connectivity index (χ1v) is 8.62. The second kappa shape index (κ2) is 5.57. The number of nitrogens with zero attached hydrogens (tertiary/aromatic N) is 1. The second-order valence-corrected chi connectivity index (χ2v) is 7.44. The van der Waals surface area contributed by atoms with Gasteiger partial charge in [0, 0.05) is 18.5 Å². The Balaban J connectivity index is 1.87. The fourth-order valence-corrected chi connectivity index (χ4v) is 3.50. The minimum atomic E-state index is -3.62. The van der Waals surface area contributed by atoms with Gasteiger partial charge in [0.05, 0.1) is 10.6 Å². The van der Waals surface area contributed by atoms with E-state index in [1.165, 1.54) is 23.5 Å². The summed E-state index contributed by atoms with van der Waals surface area (Å²) in [6.07, 6.45) is 1.88. The number of hydrogen-bond acceptors (Lipinski definition) is 3. The summed E-state index contributed by atoms with van der Waals surface area (Å²) >= 11 is 0. The SMILES string of the molecule is CN(c1ccccc1)S(=O)(=O)c1ccc(C(=O)C2CC2)cc1. The van der Waals surface area contributed by atoms with Crippen molar-refractivity contribution in [2.75, 3.05) is 11.4 Å². The van der Waals surface area contributed by atoms with Crippen molar-refractivity contribution < 1.29 is 13.2 Å². The topological polar surface area (TPSA) is 54.5 Å². The average molecular weight is 315 g/mol. The van der Waals surface area contributed by atoms with Crippen LogP contribution in [0, 0.1) is 5.92 Å². The van der Waals surface area contributed by atoms with Crippen molar-refractivity contribution in [1.29, 1.82) is 0 Å². The fourth-order valence-electron chi connectivity index (χ4n) is 2.31. The number of carbonyl (C=O) groups excluding carboxylic acids is 1. The van der Waals surface area contributed by atoms with Crippen LogP contribution in [0.3, 0.4) is 0 Å². The molecule has 0 atom stereocenters. The summed E-state index contributed by atoms with van der Waals surface area (Å²) < 4.78 is 26.4. The van der Waals surface area contributed by atoms with Crippen LogP contribution in [0.1, 0.15) is 23.2 Å². The number of rotatable bonds is 5. The number of anilines is 1. The molecular formula is C17H17NO3S. The van der Waals surface area contributed by atoms with Gasteiger partial charge in [-0.1, -0.05) is 30.3 Å². The summed E-state index contributed by atoms with van der Waals surface area (Å²) in [5, 5.41) is 0. The van der Waals surface area contributed by atoms with Gasteiger partial charge in [0.15, 0.2) is 5.78 Å². The van der Waals surface area contributed by atoms with E-state index < -0.39 is 10.0 Å². The van der Waals surface area contributed by atoms with Gasteiger partial charge >= 0.3 is 0 Å². The van der Waals surface area contributed by atoms with E-state index >= 15 is 0 Å². The predicted molar refractivity (Wildman–Crippen MR) is 85.5 cm³/mol. The zero-order valence-electron chi connectivity index (χ0n) is 12.3. The van der Waals surface area contributed by atoms with Crippen LogP contribution in [0.25, 0.3) is 0 Å². The highest BCUT2D eigenvalue weighted by atomic mass is 32.2. The van der Waals surface area contributed by atoms with E-state index in [4.69, 9.17) is 0 Å². The Morgan fingerprint density at radius 3 is 2.14 bits per heavy atom. The molecule has 114 valence electrons. The molecule has 0 saturated heterocycles. The lowest BCUT2D eigenvalue weighted by atomic mass is 10.1. The van der Waals surface area contributed by atoms with Crippen molar-refractivity contribution in [1.82, 2.24) is 0 Å². The maximum atomic E-state index is 12.6. The molecule has 0 aliphatic heterocycles. The monoisotopic (exact) mass is 315 g/mol. The van der Waals surface area contributed by atoms with E-state index in [0.29, 0.717) is 11.3 Å². The molecule has 0 bridgehead atoms. The first-order chi connectivity index (χ1) is 10.5. The number of carbonyl (C=O) groups is 1. The molecule has 2 aromatic carbocycles. The number of para-hydroxylation sites is 1. The van der Waals surface area contributed by atoms with E-state index in [2.05, 4.69) is 0 Å². The molecule has 0 radical (unpaired) electrons. The molecule has 0 amide bonds. The molecule has 1 fully saturated rings. The average Bonchev–Trinajstić information content (AvgIpc) is 3.39. The molecule has 1 saturated carbocycles. The van der Waals surface area contributed by atoms with E-state index in [1.807, 2.05) is 6.07 Å². The quantitative estimate of drug-likeness (QED) is 0.797. The van der Waals surface area contributed by atoms with Crippen LogP contribution in [0.4, 0.5) is 5.69 Å². The Kier molecular flexibility index (Phi) is 3.74. The van der Waals surface area contributed by atoms with Crippen LogP contribution in [-0.4, -0.2) is 21.2 Å². The fraction of sp³-hybridized carbons (Fsp3) is 0.235. The third-order valence-corrected chi connectivity index (χ3v) is 5.66. The van der Waals surface area contributed by atoms with Gasteiger partial charge in [-0.3, -0.25) is 9.10 Å². The highest BCUT2D eigenvalue weighted by molar-refractivity contribution is 7.92. The first-order valence-electron chi connectivity index (χ1n) is 7.18. The summed E-state index contributed by atoms with van der Waals surface area (Å²) in [6.45, 7) is 0. The predicted octanol–water partition coefficient (Wildman–Crippen LogP) is 3.10. The summed E-state index contributed by atoms with van der Waals surface area (Å²) in [5.41, 5.74) is 1.18. The van der Waals surface area contributed by atoms with E-state index in [0.717, 1.165) is 12.8 Å². The maximum absolute atomic E-state index is 12.6. The maximum Gasteiger partial charge on any atom is 0.264 e. The third-order valence-electron chi connectivity index (χ3n) is 3.87. The van der Waals surface area contributed by atoms with E-state index in [1.54, 1.807) is 36.4 Å². The molecule has 0 unspecified atom stereocenters. The van der Waals surface area contributed by atoms with Gasteiger partial charge in [0.25, 0.3) is 10.0 Å². The van der Waals surface area contributed by atoms with Crippen LogP contribution >= 0.6 is 0 Å². The van der Waals surface area contributed by atoms with Gasteiger partial charge in [-0.25, -0.2) is 8.42 Å². The van der Waals surface area contributed by atoms with Crippen molar-refractivity contribution in [3.05, 3.63) is 60.2 Å². The summed E-state index contributed by atoms with van der Waals surface area (Å²) in [4.78, 5) is 12.1. The summed E-state index contributed by atoms with van der Waals surface area (Å²) in [7, 11) is -2.10. The molecular weight excluding hydrogens is 298 g/mol. The van der Waals surface area contributed by atoms with Gasteiger partial charge in [-0.05, 0) is 37.1 Å². The van der Waals surface area contributed by atoms with Crippen LogP contribution < -0.4 is 4.31 Å². The number of hydrogen-bond donors (Lipinski definition) is 0. The highest BCUT2D eigenvalue weighted by Crippen LogP contribution is 2.33. The highest BCUT2D eigenvalue weighted by Gasteiger charge is 2.30. The Hall–Kier alpha value is -2.14. The van der Waals surface area contributed by atoms with Crippen molar-refractivity contribution in [2.24, 2.45) is 5.92 Å². The smallest absolute Gasteiger partial charge is 0.264 e. The lowest BCUT2D eigenvalue weighted by Gasteiger charge is -2.19. The Bertz CT molecular complexity index is 778. The molecule has 1 aliphatic rings. The molecule has 0 aromatic heterocycles. The molecule has 1 aliphatic carbocycles. The first kappa shape index (κ1) is 14.8. The van der Waals surface area contributed by atoms with Crippen LogP contribution in [-0.2, 0) is 10.0 Å². The van der Waals surface area contributed by atoms with Crippen molar-refractivity contribution >= 4 is 21.5 Å². The molecule has 5 heteroatoms. The Morgan fingerprint density at radius 2 is 1.59 bits per heavy atom. The number of Topliss-reactive ketones (excluding diaryl/α,β-unsaturated/α-hetero) is 1. The molecule has 3 rings (SSSR count). The summed E-state index contributed by atoms with van der Waals surface area (Å²) in [5.74, 6) is 0.245. The van der Waals surface area contributed by atoms with Crippen molar-refractivity contribution in [2.45, 2.75) is 17.7 Å². The number of sulfonamides is 1. The molecule has 0 heterocycles. The molecule has 0 N–H and O–H groups in total. The zero-order valence-corrected chi connectivity index (χ0v) is 13.1. The minimum absolute atomic E-state index is 0.111. The van der Waals surface area contributed by atoms with Gasteiger partial charge in [-0.2, -0.15) is 0 Å². The molecule has 2 aromatic rings. The number of benzene rings is 2. The normalized spacial score (nSPS) is 14.6. The van der Waals surface area contributed by atoms with E-state index in [-0.39, 0.29) is 16.6 Å². The zero-order chi connectivity index (χ0) is 15.7. The van der Waals surface area contributed by atoms with Crippen LogP contribution in [0.15, 0.2) is 59.5 Å². The van der Waals surface area contributed by atoms with Gasteiger partial charge < -0.3 is 0 Å². The largest absolute Gasteiger partial charge is 0.294 e. The van der Waals surface area contributed by atoms with Crippen molar-refractivity contribution in [3.63, 3.8) is 0 Å². The Morgan fingerprint density at radius 1 is 1.00 bits per heavy atom. The lowest BCUT2D eigenvalue weighted by Crippen LogP contribution is -2.26. The standard InChI is InChI=1S/C17H17NO3S/c1-18(15-5-3-2-4-6-15)22(20,21)16-11-9-14(10-12-16)17(19)13-7-8-13/h2-6,9-13H,7-8H2,1H3. The van der Waals surface area contributed by atoms with Gasteiger partial charge in [0.2, 0.25) is 0 Å². The van der Waals surface area contributed by atoms with Crippen LogP contribution in [0.5, 0.6) is 0 Å².